The second-order valence-electron chi connectivity index (χ2n) is 5.91. The maximum Gasteiger partial charge on any atom is 0.243 e. The Morgan fingerprint density at radius 2 is 1.95 bits per heavy atom. The highest BCUT2D eigenvalue weighted by Gasteiger charge is 2.39. The fourth-order valence-electron chi connectivity index (χ4n) is 3.03. The lowest BCUT2D eigenvalue weighted by Crippen LogP contribution is -2.58. The van der Waals surface area contributed by atoms with Gasteiger partial charge in [0.15, 0.2) is 0 Å². The van der Waals surface area contributed by atoms with Gasteiger partial charge in [0, 0.05) is 12.4 Å². The molecule has 21 heavy (non-hydrogen) atoms. The third kappa shape index (κ3) is 3.25. The number of nitrogens with one attached hydrogen (secondary N) is 1. The number of nitrogens with two attached hydrogens (primary N) is 1. The summed E-state index contributed by atoms with van der Waals surface area (Å²) in [5, 5.41) is 2.92. The van der Waals surface area contributed by atoms with Crippen LogP contribution in [0, 0.1) is 6.92 Å². The number of imidazole rings is 1. The molecule has 1 saturated carbocycles. The van der Waals surface area contributed by atoms with Gasteiger partial charge in [0.1, 0.15) is 17.4 Å². The van der Waals surface area contributed by atoms with Crippen LogP contribution in [0.1, 0.15) is 57.3 Å². The van der Waals surface area contributed by atoms with Crippen molar-refractivity contribution in [2.24, 2.45) is 5.73 Å². The van der Waals surface area contributed by atoms with Crippen LogP contribution >= 0.6 is 0 Å². The quantitative estimate of drug-likeness (QED) is 0.823. The molecule has 1 aromatic heterocycles. The Labute approximate surface area is 125 Å². The molecule has 0 aliphatic heterocycles. The van der Waals surface area contributed by atoms with Crippen LogP contribution in [-0.2, 0) is 9.59 Å². The van der Waals surface area contributed by atoms with E-state index < -0.39 is 17.5 Å². The molecule has 2 amide bonds. The average molecular weight is 292 g/mol. The molecule has 0 bridgehead atoms. The van der Waals surface area contributed by atoms with Gasteiger partial charge in [0.25, 0.3) is 0 Å². The summed E-state index contributed by atoms with van der Waals surface area (Å²) in [4.78, 5) is 28.6. The van der Waals surface area contributed by atoms with Gasteiger partial charge < -0.3 is 15.6 Å². The Morgan fingerprint density at radius 1 is 1.33 bits per heavy atom. The van der Waals surface area contributed by atoms with Crippen molar-refractivity contribution in [2.75, 3.05) is 0 Å². The summed E-state index contributed by atoms with van der Waals surface area (Å²) in [5.41, 5.74) is 4.70. The lowest BCUT2D eigenvalue weighted by molar-refractivity contribution is -0.133. The molecule has 6 nitrogen and oxygen atoms in total. The van der Waals surface area contributed by atoms with Crippen molar-refractivity contribution in [3.63, 3.8) is 0 Å². The van der Waals surface area contributed by atoms with Crippen molar-refractivity contribution in [3.8, 4) is 0 Å². The molecule has 0 radical (unpaired) electrons. The van der Waals surface area contributed by atoms with Gasteiger partial charge in [0.05, 0.1) is 0 Å². The second-order valence-corrected chi connectivity index (χ2v) is 5.91. The fourth-order valence-corrected chi connectivity index (χ4v) is 3.03. The van der Waals surface area contributed by atoms with Crippen molar-refractivity contribution in [2.45, 2.75) is 64.0 Å². The van der Waals surface area contributed by atoms with Crippen molar-refractivity contribution >= 4 is 11.8 Å². The topological polar surface area (TPSA) is 90.0 Å². The molecule has 1 atom stereocenters. The standard InChI is InChI=1S/C15H24N4O2/c1-11(19-10-9-17-12(19)2)13(20)18-15(14(16)21)7-5-3-4-6-8-15/h9-11H,3-8H2,1-2H3,(H2,16,21)(H,18,20)/t11-/m0/s1. The van der Waals surface area contributed by atoms with Crippen LogP contribution in [0.2, 0.25) is 0 Å². The first-order chi connectivity index (χ1) is 9.96. The summed E-state index contributed by atoms with van der Waals surface area (Å²) in [5.74, 6) is 0.163. The smallest absolute Gasteiger partial charge is 0.243 e. The molecule has 0 saturated heterocycles. The van der Waals surface area contributed by atoms with E-state index in [0.717, 1.165) is 31.5 Å². The second kappa shape index (κ2) is 6.28. The Hall–Kier alpha value is -1.85. The number of rotatable bonds is 4. The lowest BCUT2D eigenvalue weighted by Gasteiger charge is -2.32. The Bertz CT molecular complexity index is 515. The molecule has 0 unspecified atom stereocenters. The van der Waals surface area contributed by atoms with Crippen molar-refractivity contribution in [1.29, 1.82) is 0 Å². The molecular formula is C15H24N4O2. The van der Waals surface area contributed by atoms with Crippen LogP contribution in [0.15, 0.2) is 12.4 Å². The van der Waals surface area contributed by atoms with E-state index in [1.807, 2.05) is 6.92 Å². The number of primary amides is 1. The van der Waals surface area contributed by atoms with E-state index >= 15 is 0 Å². The van der Waals surface area contributed by atoms with Gasteiger partial charge in [-0.1, -0.05) is 25.7 Å². The van der Waals surface area contributed by atoms with Crippen LogP contribution < -0.4 is 11.1 Å². The van der Waals surface area contributed by atoms with Crippen LogP contribution in [0.4, 0.5) is 0 Å². The zero-order chi connectivity index (χ0) is 15.5. The van der Waals surface area contributed by atoms with E-state index in [9.17, 15) is 9.59 Å². The van der Waals surface area contributed by atoms with Gasteiger partial charge in [-0.15, -0.1) is 0 Å². The zero-order valence-electron chi connectivity index (χ0n) is 12.8. The van der Waals surface area contributed by atoms with Gasteiger partial charge in [-0.2, -0.15) is 0 Å². The lowest BCUT2D eigenvalue weighted by atomic mass is 9.89. The summed E-state index contributed by atoms with van der Waals surface area (Å²) >= 11 is 0. The first-order valence-electron chi connectivity index (χ1n) is 7.58. The van der Waals surface area contributed by atoms with E-state index in [-0.39, 0.29) is 5.91 Å². The number of aromatic nitrogens is 2. The van der Waals surface area contributed by atoms with Crippen LogP contribution in [0.3, 0.4) is 0 Å². The Balaban J connectivity index is 2.15. The van der Waals surface area contributed by atoms with Crippen LogP contribution in [-0.4, -0.2) is 26.9 Å². The maximum atomic E-state index is 12.5. The minimum absolute atomic E-state index is 0.184. The number of hydrogen-bond donors (Lipinski definition) is 2. The van der Waals surface area contributed by atoms with E-state index in [4.69, 9.17) is 5.73 Å². The van der Waals surface area contributed by atoms with Crippen molar-refractivity contribution in [1.82, 2.24) is 14.9 Å². The van der Waals surface area contributed by atoms with Crippen molar-refractivity contribution in [3.05, 3.63) is 18.2 Å². The number of aryl methyl sites for hydroxylation is 1. The first kappa shape index (κ1) is 15.5. The van der Waals surface area contributed by atoms with Crippen molar-refractivity contribution < 1.29 is 9.59 Å². The largest absolute Gasteiger partial charge is 0.368 e. The molecule has 1 fully saturated rings. The zero-order valence-corrected chi connectivity index (χ0v) is 12.8. The molecule has 6 heteroatoms. The molecule has 0 spiro atoms. The number of hydrogen-bond acceptors (Lipinski definition) is 3. The maximum absolute atomic E-state index is 12.5. The molecule has 116 valence electrons. The predicted octanol–water partition coefficient (Wildman–Crippen LogP) is 1.45. The molecule has 0 aromatic carbocycles. The fraction of sp³-hybridized carbons (Fsp3) is 0.667. The number of carbonyl (C=O) groups excluding carboxylic acids is 2. The van der Waals surface area contributed by atoms with E-state index in [1.165, 1.54) is 0 Å². The number of amides is 2. The SMILES string of the molecule is Cc1nccn1[C@@H](C)C(=O)NC1(C(N)=O)CCCCCC1. The van der Waals surface area contributed by atoms with E-state index in [1.54, 1.807) is 23.9 Å². The van der Waals surface area contributed by atoms with E-state index in [0.29, 0.717) is 12.8 Å². The molecular weight excluding hydrogens is 268 g/mol. The monoisotopic (exact) mass is 292 g/mol. The highest BCUT2D eigenvalue weighted by Crippen LogP contribution is 2.27. The summed E-state index contributed by atoms with van der Waals surface area (Å²) in [6.45, 7) is 3.65. The van der Waals surface area contributed by atoms with Gasteiger partial charge in [-0.25, -0.2) is 4.98 Å². The minimum atomic E-state index is -0.893. The van der Waals surface area contributed by atoms with Gasteiger partial charge >= 0.3 is 0 Å². The third-order valence-corrected chi connectivity index (χ3v) is 4.45. The first-order valence-corrected chi connectivity index (χ1v) is 7.58. The molecule has 1 aliphatic carbocycles. The normalized spacial score (nSPS) is 19.5. The third-order valence-electron chi connectivity index (χ3n) is 4.45. The van der Waals surface area contributed by atoms with Gasteiger partial charge in [-0.3, -0.25) is 9.59 Å². The molecule has 2 rings (SSSR count). The van der Waals surface area contributed by atoms with Crippen LogP contribution in [0.25, 0.3) is 0 Å². The summed E-state index contributed by atoms with van der Waals surface area (Å²) in [7, 11) is 0. The Morgan fingerprint density at radius 3 is 2.43 bits per heavy atom. The molecule has 1 heterocycles. The summed E-state index contributed by atoms with van der Waals surface area (Å²) in [6.07, 6.45) is 8.69. The summed E-state index contributed by atoms with van der Waals surface area (Å²) < 4.78 is 1.79. The average Bonchev–Trinajstić information content (AvgIpc) is 2.72. The summed E-state index contributed by atoms with van der Waals surface area (Å²) in [6, 6.07) is -0.410. The van der Waals surface area contributed by atoms with Gasteiger partial charge in [0.2, 0.25) is 11.8 Å². The molecule has 3 N–H and O–H groups in total. The molecule has 1 aromatic rings. The van der Waals surface area contributed by atoms with Gasteiger partial charge in [-0.05, 0) is 26.7 Å². The number of nitrogens with zero attached hydrogens (tertiary/aromatic N) is 2. The van der Waals surface area contributed by atoms with Crippen LogP contribution in [0.5, 0.6) is 0 Å². The number of carbonyl (C=O) groups is 2. The Kier molecular flexibility index (Phi) is 4.65. The minimum Gasteiger partial charge on any atom is -0.368 e. The highest BCUT2D eigenvalue weighted by atomic mass is 16.2. The highest BCUT2D eigenvalue weighted by molar-refractivity contribution is 5.91. The molecule has 1 aliphatic rings. The van der Waals surface area contributed by atoms with E-state index in [2.05, 4.69) is 10.3 Å². The predicted molar refractivity (Wildman–Crippen MR) is 79.4 cm³/mol.